The maximum atomic E-state index is 12.3. The van der Waals surface area contributed by atoms with Crippen molar-refractivity contribution in [1.82, 2.24) is 10.6 Å². The molecule has 2 aromatic carbocycles. The number of rotatable bonds is 9. The quantitative estimate of drug-likeness (QED) is 0.622. The third-order valence-corrected chi connectivity index (χ3v) is 3.78. The monoisotopic (exact) mass is 369 g/mol. The fourth-order valence-electron chi connectivity index (χ4n) is 2.42. The number of nitrogens with one attached hydrogen (secondary N) is 2. The average molecular weight is 369 g/mol. The van der Waals surface area contributed by atoms with Crippen molar-refractivity contribution in [3.05, 3.63) is 71.8 Å². The summed E-state index contributed by atoms with van der Waals surface area (Å²) in [5.41, 5.74) is 7.06. The van der Waals surface area contributed by atoms with Gasteiger partial charge in [0.15, 0.2) is 0 Å². The molecule has 0 aliphatic rings. The maximum absolute atomic E-state index is 12.3. The van der Waals surface area contributed by atoms with Gasteiger partial charge in [-0.25, -0.2) is 4.79 Å². The maximum Gasteiger partial charge on any atom is 0.408 e. The van der Waals surface area contributed by atoms with Crippen molar-refractivity contribution in [1.29, 1.82) is 0 Å². The van der Waals surface area contributed by atoms with Crippen molar-refractivity contribution in [2.75, 3.05) is 6.54 Å². The first-order chi connectivity index (χ1) is 13.0. The van der Waals surface area contributed by atoms with Gasteiger partial charge < -0.3 is 21.1 Å². The number of nitrogens with two attached hydrogens (primary N) is 1. The number of hydrogen-bond donors (Lipinski definition) is 3. The zero-order valence-corrected chi connectivity index (χ0v) is 14.9. The number of amides is 3. The van der Waals surface area contributed by atoms with E-state index in [2.05, 4.69) is 10.6 Å². The summed E-state index contributed by atoms with van der Waals surface area (Å²) in [7, 11) is 0. The molecule has 0 saturated heterocycles. The van der Waals surface area contributed by atoms with Crippen LogP contribution in [0.25, 0.3) is 0 Å². The topological polar surface area (TPSA) is 111 Å². The molecule has 0 radical (unpaired) electrons. The summed E-state index contributed by atoms with van der Waals surface area (Å²) in [6.45, 7) is 0.435. The molecule has 2 aromatic rings. The summed E-state index contributed by atoms with van der Waals surface area (Å²) in [5, 5.41) is 5.09. The lowest BCUT2D eigenvalue weighted by Gasteiger charge is -2.17. The summed E-state index contributed by atoms with van der Waals surface area (Å²) < 4.78 is 5.08. The molecule has 0 aliphatic carbocycles. The van der Waals surface area contributed by atoms with Crippen LogP contribution in [0.2, 0.25) is 0 Å². The molecule has 0 aromatic heterocycles. The standard InChI is InChI=1S/C20H23N3O4/c21-18(24)13-17(19(25)22-12-11-15-7-3-1-4-8-15)23-20(26)27-14-16-9-5-2-6-10-16/h1-10,17H,11-14H2,(H2,21,24)(H,22,25)(H,23,26)/t17-/m0/s1. The van der Waals surface area contributed by atoms with Crippen LogP contribution in [-0.4, -0.2) is 30.5 Å². The second kappa shape index (κ2) is 10.6. The summed E-state index contributed by atoms with van der Waals surface area (Å²) in [5.74, 6) is -1.18. The molecule has 7 nitrogen and oxygen atoms in total. The van der Waals surface area contributed by atoms with Gasteiger partial charge in [-0.05, 0) is 17.5 Å². The van der Waals surface area contributed by atoms with Gasteiger partial charge in [0.2, 0.25) is 11.8 Å². The minimum absolute atomic E-state index is 0.0611. The zero-order valence-electron chi connectivity index (χ0n) is 14.9. The normalized spacial score (nSPS) is 11.3. The van der Waals surface area contributed by atoms with Gasteiger partial charge in [-0.2, -0.15) is 0 Å². The first-order valence-electron chi connectivity index (χ1n) is 8.62. The lowest BCUT2D eigenvalue weighted by atomic mass is 10.1. The number of carbonyl (C=O) groups is 3. The van der Waals surface area contributed by atoms with Crippen molar-refractivity contribution >= 4 is 17.9 Å². The molecule has 3 amide bonds. The van der Waals surface area contributed by atoms with Crippen molar-refractivity contribution in [2.45, 2.75) is 25.5 Å². The van der Waals surface area contributed by atoms with Crippen LogP contribution >= 0.6 is 0 Å². The van der Waals surface area contributed by atoms with Gasteiger partial charge in [-0.15, -0.1) is 0 Å². The SMILES string of the molecule is NC(=O)C[C@H](NC(=O)OCc1ccccc1)C(=O)NCCc1ccccc1. The number of carbonyl (C=O) groups excluding carboxylic acids is 3. The number of alkyl carbamates (subject to hydrolysis) is 1. The first-order valence-corrected chi connectivity index (χ1v) is 8.62. The van der Waals surface area contributed by atoms with Gasteiger partial charge in [0.25, 0.3) is 0 Å². The molecular weight excluding hydrogens is 346 g/mol. The Bertz CT molecular complexity index is 750. The zero-order chi connectivity index (χ0) is 19.5. The largest absolute Gasteiger partial charge is 0.445 e. The Balaban J connectivity index is 1.82. The first kappa shape index (κ1) is 20.0. The predicted octanol–water partition coefficient (Wildman–Crippen LogP) is 1.52. The van der Waals surface area contributed by atoms with Crippen molar-refractivity contribution in [3.8, 4) is 0 Å². The number of benzene rings is 2. The Morgan fingerprint density at radius 1 is 0.926 bits per heavy atom. The second-order valence-corrected chi connectivity index (χ2v) is 5.96. The highest BCUT2D eigenvalue weighted by Gasteiger charge is 2.23. The predicted molar refractivity (Wildman–Crippen MR) is 101 cm³/mol. The molecule has 2 rings (SSSR count). The highest BCUT2D eigenvalue weighted by Crippen LogP contribution is 2.02. The van der Waals surface area contributed by atoms with Crippen LogP contribution in [-0.2, 0) is 27.4 Å². The Labute approximate surface area is 157 Å². The molecule has 0 fully saturated rings. The molecule has 0 unspecified atom stereocenters. The van der Waals surface area contributed by atoms with Crippen LogP contribution in [0.15, 0.2) is 60.7 Å². The summed E-state index contributed by atoms with van der Waals surface area (Å²) >= 11 is 0. The molecule has 27 heavy (non-hydrogen) atoms. The van der Waals surface area contributed by atoms with Gasteiger partial charge in [0.05, 0.1) is 6.42 Å². The molecule has 7 heteroatoms. The summed E-state index contributed by atoms with van der Waals surface area (Å²) in [6.07, 6.45) is -0.463. The van der Waals surface area contributed by atoms with E-state index in [4.69, 9.17) is 10.5 Å². The summed E-state index contributed by atoms with van der Waals surface area (Å²) in [4.78, 5) is 35.5. The van der Waals surface area contributed by atoms with E-state index in [-0.39, 0.29) is 13.0 Å². The minimum Gasteiger partial charge on any atom is -0.445 e. The van der Waals surface area contributed by atoms with E-state index in [1.54, 1.807) is 0 Å². The van der Waals surface area contributed by atoms with E-state index in [0.29, 0.717) is 13.0 Å². The van der Waals surface area contributed by atoms with Gasteiger partial charge in [-0.3, -0.25) is 9.59 Å². The molecule has 0 spiro atoms. The van der Waals surface area contributed by atoms with Gasteiger partial charge >= 0.3 is 6.09 Å². The lowest BCUT2D eigenvalue weighted by Crippen LogP contribution is -2.49. The number of hydrogen-bond acceptors (Lipinski definition) is 4. The van der Waals surface area contributed by atoms with E-state index >= 15 is 0 Å². The Kier molecular flexibility index (Phi) is 7.84. The third-order valence-electron chi connectivity index (χ3n) is 3.78. The fraction of sp³-hybridized carbons (Fsp3) is 0.250. The van der Waals surface area contributed by atoms with E-state index in [0.717, 1.165) is 11.1 Å². The number of ether oxygens (including phenoxy) is 1. The molecule has 0 saturated carbocycles. The van der Waals surface area contributed by atoms with E-state index in [1.807, 2.05) is 60.7 Å². The van der Waals surface area contributed by atoms with Gasteiger partial charge in [0.1, 0.15) is 12.6 Å². The average Bonchev–Trinajstić information content (AvgIpc) is 2.67. The van der Waals surface area contributed by atoms with Crippen molar-refractivity contribution in [2.24, 2.45) is 5.73 Å². The van der Waals surface area contributed by atoms with Gasteiger partial charge in [0, 0.05) is 6.54 Å². The highest BCUT2D eigenvalue weighted by molar-refractivity contribution is 5.90. The fourth-order valence-corrected chi connectivity index (χ4v) is 2.42. The van der Waals surface area contributed by atoms with E-state index in [1.165, 1.54) is 0 Å². The van der Waals surface area contributed by atoms with Crippen molar-refractivity contribution in [3.63, 3.8) is 0 Å². The Hall–Kier alpha value is -3.35. The summed E-state index contributed by atoms with van der Waals surface area (Å²) in [6, 6.07) is 17.7. The van der Waals surface area contributed by atoms with Gasteiger partial charge in [-0.1, -0.05) is 60.7 Å². The minimum atomic E-state index is -1.08. The Morgan fingerprint density at radius 3 is 2.11 bits per heavy atom. The second-order valence-electron chi connectivity index (χ2n) is 5.96. The molecule has 0 aliphatic heterocycles. The van der Waals surface area contributed by atoms with E-state index < -0.39 is 23.9 Å². The molecule has 1 atom stereocenters. The smallest absolute Gasteiger partial charge is 0.408 e. The van der Waals surface area contributed by atoms with Crippen LogP contribution in [0.3, 0.4) is 0 Å². The van der Waals surface area contributed by atoms with Crippen LogP contribution in [0.1, 0.15) is 17.5 Å². The molecule has 142 valence electrons. The Morgan fingerprint density at radius 2 is 1.52 bits per heavy atom. The molecule has 0 bridgehead atoms. The van der Waals surface area contributed by atoms with Crippen LogP contribution in [0.4, 0.5) is 4.79 Å². The van der Waals surface area contributed by atoms with Crippen molar-refractivity contribution < 1.29 is 19.1 Å². The highest BCUT2D eigenvalue weighted by atomic mass is 16.5. The molecule has 4 N–H and O–H groups in total. The van der Waals surface area contributed by atoms with Crippen LogP contribution in [0, 0.1) is 0 Å². The molecular formula is C20H23N3O4. The van der Waals surface area contributed by atoms with Crippen LogP contribution in [0.5, 0.6) is 0 Å². The third kappa shape index (κ3) is 7.60. The van der Waals surface area contributed by atoms with Crippen LogP contribution < -0.4 is 16.4 Å². The lowest BCUT2D eigenvalue weighted by molar-refractivity contribution is -0.127. The molecule has 0 heterocycles. The number of primary amides is 1. The van der Waals surface area contributed by atoms with E-state index in [9.17, 15) is 14.4 Å².